The first kappa shape index (κ1) is 11.1. The van der Waals surface area contributed by atoms with Gasteiger partial charge in [-0.3, -0.25) is 15.2 Å². The molecule has 1 saturated carbocycles. The number of nitrogens with one attached hydrogen (secondary N) is 2. The molecule has 1 fully saturated rings. The van der Waals surface area contributed by atoms with Gasteiger partial charge in [0.25, 0.3) is 5.91 Å². The van der Waals surface area contributed by atoms with E-state index in [1.807, 2.05) is 6.92 Å². The van der Waals surface area contributed by atoms with E-state index in [4.69, 9.17) is 5.73 Å². The Balaban J connectivity index is 1.79. The number of aromatic nitrogens is 4. The lowest BCUT2D eigenvalue weighted by Crippen LogP contribution is -2.14. The predicted octanol–water partition coefficient (Wildman–Crippen LogP) is 1.28. The molecule has 94 valence electrons. The SMILES string of the molecule is Cc1nnc(NC(=O)c2n[nH]c(C3CC3)c2N)s1. The molecule has 2 aromatic heterocycles. The number of nitrogen functional groups attached to an aromatic ring is 1. The summed E-state index contributed by atoms with van der Waals surface area (Å²) in [5.74, 6) is 0.0784. The number of amides is 1. The maximum Gasteiger partial charge on any atom is 0.280 e. The number of carbonyl (C=O) groups excluding carboxylic acids is 1. The summed E-state index contributed by atoms with van der Waals surface area (Å²) in [6.07, 6.45) is 2.20. The molecule has 0 radical (unpaired) electrons. The summed E-state index contributed by atoms with van der Waals surface area (Å²) in [5.41, 5.74) is 7.45. The summed E-state index contributed by atoms with van der Waals surface area (Å²) >= 11 is 1.31. The van der Waals surface area contributed by atoms with Gasteiger partial charge in [-0.2, -0.15) is 5.10 Å². The average molecular weight is 264 g/mol. The first-order chi connectivity index (χ1) is 8.65. The van der Waals surface area contributed by atoms with Gasteiger partial charge < -0.3 is 5.73 Å². The molecule has 0 bridgehead atoms. The van der Waals surface area contributed by atoms with Crippen molar-refractivity contribution in [2.75, 3.05) is 11.1 Å². The highest BCUT2D eigenvalue weighted by molar-refractivity contribution is 7.15. The minimum atomic E-state index is -0.355. The molecule has 0 aliphatic heterocycles. The Morgan fingerprint density at radius 3 is 2.89 bits per heavy atom. The maximum atomic E-state index is 12.0. The third-order valence-corrected chi connectivity index (χ3v) is 3.53. The fourth-order valence-electron chi connectivity index (χ4n) is 1.72. The second-order valence-electron chi connectivity index (χ2n) is 4.25. The second kappa shape index (κ2) is 4.05. The van der Waals surface area contributed by atoms with E-state index in [2.05, 4.69) is 25.7 Å². The Morgan fingerprint density at radius 1 is 1.50 bits per heavy atom. The fourth-order valence-corrected chi connectivity index (χ4v) is 2.31. The second-order valence-corrected chi connectivity index (χ2v) is 5.44. The van der Waals surface area contributed by atoms with E-state index in [0.717, 1.165) is 23.5 Å². The molecule has 4 N–H and O–H groups in total. The van der Waals surface area contributed by atoms with E-state index in [1.165, 1.54) is 11.3 Å². The number of nitrogens with zero attached hydrogens (tertiary/aromatic N) is 3. The van der Waals surface area contributed by atoms with E-state index >= 15 is 0 Å². The zero-order valence-electron chi connectivity index (χ0n) is 9.73. The number of carbonyl (C=O) groups is 1. The van der Waals surface area contributed by atoms with Crippen LogP contribution < -0.4 is 11.1 Å². The molecule has 0 unspecified atom stereocenters. The quantitative estimate of drug-likeness (QED) is 0.773. The van der Waals surface area contributed by atoms with Gasteiger partial charge in [0.1, 0.15) is 5.01 Å². The number of hydrogen-bond donors (Lipinski definition) is 3. The van der Waals surface area contributed by atoms with Crippen molar-refractivity contribution in [2.24, 2.45) is 0 Å². The van der Waals surface area contributed by atoms with Crippen LogP contribution in [0.1, 0.15) is 39.9 Å². The zero-order chi connectivity index (χ0) is 12.7. The van der Waals surface area contributed by atoms with Crippen LogP contribution in [0, 0.1) is 6.92 Å². The van der Waals surface area contributed by atoms with Crippen LogP contribution >= 0.6 is 11.3 Å². The lowest BCUT2D eigenvalue weighted by atomic mass is 10.2. The van der Waals surface area contributed by atoms with Gasteiger partial charge in [-0.05, 0) is 19.8 Å². The number of rotatable bonds is 3. The largest absolute Gasteiger partial charge is 0.395 e. The van der Waals surface area contributed by atoms with Gasteiger partial charge in [0.05, 0.1) is 11.4 Å². The van der Waals surface area contributed by atoms with Crippen molar-refractivity contribution in [1.82, 2.24) is 20.4 Å². The number of H-pyrrole nitrogens is 1. The zero-order valence-corrected chi connectivity index (χ0v) is 10.5. The van der Waals surface area contributed by atoms with Gasteiger partial charge in [-0.1, -0.05) is 11.3 Å². The standard InChI is InChI=1S/C10H12N6OS/c1-4-13-16-10(18-4)12-9(17)8-6(11)7(14-15-8)5-2-3-5/h5H,2-3,11H2,1H3,(H,14,15)(H,12,16,17). The summed E-state index contributed by atoms with van der Waals surface area (Å²) in [4.78, 5) is 12.0. The minimum Gasteiger partial charge on any atom is -0.395 e. The van der Waals surface area contributed by atoms with Crippen molar-refractivity contribution in [3.8, 4) is 0 Å². The van der Waals surface area contributed by atoms with Gasteiger partial charge in [0.2, 0.25) is 5.13 Å². The van der Waals surface area contributed by atoms with Crippen LogP contribution in [0.3, 0.4) is 0 Å². The minimum absolute atomic E-state index is 0.227. The highest BCUT2D eigenvalue weighted by Gasteiger charge is 2.30. The van der Waals surface area contributed by atoms with E-state index in [-0.39, 0.29) is 11.6 Å². The molecule has 1 amide bonds. The van der Waals surface area contributed by atoms with Crippen LogP contribution in [0.5, 0.6) is 0 Å². The van der Waals surface area contributed by atoms with Gasteiger partial charge in [-0.15, -0.1) is 10.2 Å². The van der Waals surface area contributed by atoms with Crippen molar-refractivity contribution in [1.29, 1.82) is 0 Å². The maximum absolute atomic E-state index is 12.0. The van der Waals surface area contributed by atoms with Crippen molar-refractivity contribution >= 4 is 28.1 Å². The molecule has 2 heterocycles. The normalized spacial score (nSPS) is 14.7. The topological polar surface area (TPSA) is 110 Å². The Morgan fingerprint density at radius 2 is 2.28 bits per heavy atom. The van der Waals surface area contributed by atoms with E-state index < -0.39 is 0 Å². The van der Waals surface area contributed by atoms with Crippen molar-refractivity contribution in [3.63, 3.8) is 0 Å². The number of nitrogens with two attached hydrogens (primary N) is 1. The van der Waals surface area contributed by atoms with E-state index in [0.29, 0.717) is 16.7 Å². The Hall–Kier alpha value is -1.96. The molecule has 1 aliphatic rings. The van der Waals surface area contributed by atoms with Crippen LogP contribution in [0.2, 0.25) is 0 Å². The lowest BCUT2D eigenvalue weighted by molar-refractivity contribution is 0.102. The molecule has 0 aromatic carbocycles. The highest BCUT2D eigenvalue weighted by atomic mass is 32.1. The first-order valence-corrected chi connectivity index (χ1v) is 6.42. The smallest absolute Gasteiger partial charge is 0.280 e. The van der Waals surface area contributed by atoms with Crippen molar-refractivity contribution in [2.45, 2.75) is 25.7 Å². The number of aromatic amines is 1. The summed E-state index contributed by atoms with van der Waals surface area (Å²) in [6, 6.07) is 0. The molecule has 0 spiro atoms. The Kier molecular flexibility index (Phi) is 2.51. The summed E-state index contributed by atoms with van der Waals surface area (Å²) in [7, 11) is 0. The Bertz CT molecular complexity index is 599. The van der Waals surface area contributed by atoms with Crippen molar-refractivity contribution in [3.05, 3.63) is 16.4 Å². The third kappa shape index (κ3) is 1.94. The number of aryl methyl sites for hydroxylation is 1. The third-order valence-electron chi connectivity index (χ3n) is 2.78. The van der Waals surface area contributed by atoms with E-state index in [1.54, 1.807) is 0 Å². The van der Waals surface area contributed by atoms with Gasteiger partial charge >= 0.3 is 0 Å². The Labute approximate surface area is 107 Å². The molecule has 8 heteroatoms. The summed E-state index contributed by atoms with van der Waals surface area (Å²) < 4.78 is 0. The monoisotopic (exact) mass is 264 g/mol. The molecular formula is C10H12N6OS. The van der Waals surface area contributed by atoms with Gasteiger partial charge in [0.15, 0.2) is 5.69 Å². The molecule has 1 aliphatic carbocycles. The fraction of sp³-hybridized carbons (Fsp3) is 0.400. The van der Waals surface area contributed by atoms with Gasteiger partial charge in [-0.25, -0.2) is 0 Å². The molecule has 2 aromatic rings. The van der Waals surface area contributed by atoms with E-state index in [9.17, 15) is 4.79 Å². The number of hydrogen-bond acceptors (Lipinski definition) is 6. The molecule has 3 rings (SSSR count). The van der Waals surface area contributed by atoms with Crippen LogP contribution in [0.15, 0.2) is 0 Å². The van der Waals surface area contributed by atoms with Gasteiger partial charge in [0, 0.05) is 5.92 Å². The molecule has 0 atom stereocenters. The van der Waals surface area contributed by atoms with Crippen LogP contribution in [0.25, 0.3) is 0 Å². The molecule has 18 heavy (non-hydrogen) atoms. The van der Waals surface area contributed by atoms with Crippen LogP contribution in [-0.2, 0) is 0 Å². The molecule has 0 saturated heterocycles. The number of anilines is 2. The predicted molar refractivity (Wildman–Crippen MR) is 67.6 cm³/mol. The lowest BCUT2D eigenvalue weighted by Gasteiger charge is -1.99. The molecular weight excluding hydrogens is 252 g/mol. The summed E-state index contributed by atoms with van der Waals surface area (Å²) in [6.45, 7) is 1.82. The first-order valence-electron chi connectivity index (χ1n) is 5.60. The summed E-state index contributed by atoms with van der Waals surface area (Å²) in [5, 5.41) is 18.3. The highest BCUT2D eigenvalue weighted by Crippen LogP contribution is 2.42. The van der Waals surface area contributed by atoms with Crippen LogP contribution in [0.4, 0.5) is 10.8 Å². The van der Waals surface area contributed by atoms with Crippen molar-refractivity contribution < 1.29 is 4.79 Å². The average Bonchev–Trinajstić information content (AvgIpc) is 2.98. The molecule has 7 nitrogen and oxygen atoms in total. The van der Waals surface area contributed by atoms with Crippen LogP contribution in [-0.4, -0.2) is 26.3 Å².